The molecule has 2 aliphatic rings. The molecule has 1 fully saturated rings. The van der Waals surface area contributed by atoms with E-state index in [1.165, 1.54) is 16.6 Å². The molecule has 0 bridgehead atoms. The Kier molecular flexibility index (Phi) is 5.29. The number of thioether (sulfide) groups is 1. The van der Waals surface area contributed by atoms with Crippen LogP contribution in [-0.2, 0) is 11.2 Å². The number of rotatable bonds is 6. The molecular formula is C24H20N4OS3. The SMILES string of the molecule is O=C(CSc1nnc(Cc2cccs2)n1C1CC1)N1c2ccccc2Sc2ccccc21. The first-order valence-corrected chi connectivity index (χ1v) is 13.2. The summed E-state index contributed by atoms with van der Waals surface area (Å²) < 4.78 is 2.26. The van der Waals surface area contributed by atoms with Crippen molar-refractivity contribution in [1.29, 1.82) is 0 Å². The van der Waals surface area contributed by atoms with Crippen molar-refractivity contribution in [2.24, 2.45) is 0 Å². The Morgan fingerprint density at radius 3 is 2.34 bits per heavy atom. The Hall–Kier alpha value is -2.55. The van der Waals surface area contributed by atoms with E-state index in [0.29, 0.717) is 11.8 Å². The molecule has 2 aromatic carbocycles. The van der Waals surface area contributed by atoms with Gasteiger partial charge in [0.2, 0.25) is 5.91 Å². The summed E-state index contributed by atoms with van der Waals surface area (Å²) in [4.78, 5) is 18.8. The summed E-state index contributed by atoms with van der Waals surface area (Å²) in [6.07, 6.45) is 3.10. The molecule has 32 heavy (non-hydrogen) atoms. The molecule has 2 aromatic heterocycles. The van der Waals surface area contributed by atoms with Gasteiger partial charge >= 0.3 is 0 Å². The summed E-state index contributed by atoms with van der Waals surface area (Å²) in [7, 11) is 0. The summed E-state index contributed by atoms with van der Waals surface area (Å²) in [6.45, 7) is 0. The largest absolute Gasteiger partial charge is 0.303 e. The van der Waals surface area contributed by atoms with E-state index < -0.39 is 0 Å². The highest BCUT2D eigenvalue weighted by Gasteiger charge is 2.31. The van der Waals surface area contributed by atoms with E-state index in [-0.39, 0.29) is 5.91 Å². The number of nitrogens with zero attached hydrogens (tertiary/aromatic N) is 4. The van der Waals surface area contributed by atoms with Gasteiger partial charge < -0.3 is 4.57 Å². The topological polar surface area (TPSA) is 51.0 Å². The number of carbonyl (C=O) groups is 1. The zero-order chi connectivity index (χ0) is 21.5. The molecule has 1 saturated carbocycles. The van der Waals surface area contributed by atoms with Crippen LogP contribution in [0.1, 0.15) is 29.6 Å². The molecule has 6 rings (SSSR count). The molecule has 1 aliphatic carbocycles. The number of para-hydroxylation sites is 2. The lowest BCUT2D eigenvalue weighted by atomic mass is 10.2. The van der Waals surface area contributed by atoms with E-state index in [2.05, 4.69) is 44.4 Å². The van der Waals surface area contributed by atoms with Crippen LogP contribution in [-0.4, -0.2) is 26.4 Å². The Morgan fingerprint density at radius 1 is 0.969 bits per heavy atom. The second-order valence-electron chi connectivity index (χ2n) is 7.81. The third-order valence-corrected chi connectivity index (χ3v) is 8.50. The van der Waals surface area contributed by atoms with Crippen molar-refractivity contribution in [1.82, 2.24) is 14.8 Å². The number of carbonyl (C=O) groups excluding carboxylic acids is 1. The molecular weight excluding hydrogens is 456 g/mol. The Balaban J connectivity index is 1.26. The maximum atomic E-state index is 13.5. The molecule has 160 valence electrons. The number of thiophene rings is 1. The van der Waals surface area contributed by atoms with E-state index in [4.69, 9.17) is 0 Å². The van der Waals surface area contributed by atoms with Crippen LogP contribution >= 0.6 is 34.9 Å². The van der Waals surface area contributed by atoms with Crippen LogP contribution in [0.5, 0.6) is 0 Å². The molecule has 5 nitrogen and oxygen atoms in total. The normalized spacial score (nSPS) is 14.8. The Bertz CT molecular complexity index is 1230. The molecule has 0 radical (unpaired) electrons. The fraction of sp³-hybridized carbons (Fsp3) is 0.208. The standard InChI is InChI=1S/C24H20N4OS3/c29-23(28-18-7-1-3-9-20(18)32-21-10-4-2-8-19(21)28)15-31-24-26-25-22(27(24)16-11-12-16)14-17-6-5-13-30-17/h1-10,13,16H,11-12,14-15H2. The van der Waals surface area contributed by atoms with Crippen molar-refractivity contribution in [3.05, 3.63) is 76.7 Å². The lowest BCUT2D eigenvalue weighted by molar-refractivity contribution is -0.115. The van der Waals surface area contributed by atoms with Crippen molar-refractivity contribution in [3.8, 4) is 0 Å². The number of fused-ring (bicyclic) bond motifs is 2. The summed E-state index contributed by atoms with van der Waals surface area (Å²) in [6, 6.07) is 20.9. The highest BCUT2D eigenvalue weighted by atomic mass is 32.2. The smallest absolute Gasteiger partial charge is 0.242 e. The summed E-state index contributed by atoms with van der Waals surface area (Å²) in [5, 5.41) is 11.9. The van der Waals surface area contributed by atoms with Gasteiger partial charge in [-0.25, -0.2) is 0 Å². The van der Waals surface area contributed by atoms with Gasteiger partial charge in [-0.05, 0) is 48.6 Å². The predicted octanol–water partition coefficient (Wildman–Crippen LogP) is 6.19. The fourth-order valence-corrected chi connectivity index (χ4v) is 6.59. The highest BCUT2D eigenvalue weighted by Crippen LogP contribution is 2.48. The third-order valence-electron chi connectivity index (χ3n) is 5.57. The molecule has 1 amide bonds. The van der Waals surface area contributed by atoms with Crippen molar-refractivity contribution < 1.29 is 4.79 Å². The van der Waals surface area contributed by atoms with E-state index in [9.17, 15) is 4.79 Å². The molecule has 3 heterocycles. The number of hydrogen-bond acceptors (Lipinski definition) is 6. The van der Waals surface area contributed by atoms with Gasteiger partial charge in [0, 0.05) is 27.1 Å². The third kappa shape index (κ3) is 3.76. The van der Waals surface area contributed by atoms with Crippen molar-refractivity contribution in [2.45, 2.75) is 40.3 Å². The second kappa shape index (κ2) is 8.42. The number of hydrogen-bond donors (Lipinski definition) is 0. The number of aromatic nitrogens is 3. The van der Waals surface area contributed by atoms with E-state index >= 15 is 0 Å². The maximum absolute atomic E-state index is 13.5. The number of anilines is 2. The van der Waals surface area contributed by atoms with Gasteiger partial charge in [0.25, 0.3) is 0 Å². The van der Waals surface area contributed by atoms with Gasteiger partial charge in [0.15, 0.2) is 5.16 Å². The van der Waals surface area contributed by atoms with Gasteiger partial charge in [-0.2, -0.15) is 0 Å². The molecule has 4 aromatic rings. The second-order valence-corrected chi connectivity index (χ2v) is 10.9. The van der Waals surface area contributed by atoms with E-state index in [0.717, 1.165) is 51.4 Å². The van der Waals surface area contributed by atoms with Crippen LogP contribution in [0.4, 0.5) is 11.4 Å². The van der Waals surface area contributed by atoms with Crippen molar-refractivity contribution in [2.75, 3.05) is 10.7 Å². The van der Waals surface area contributed by atoms with Crippen LogP contribution in [0.2, 0.25) is 0 Å². The highest BCUT2D eigenvalue weighted by molar-refractivity contribution is 8.00. The van der Waals surface area contributed by atoms with Crippen LogP contribution in [0, 0.1) is 0 Å². The number of benzene rings is 2. The van der Waals surface area contributed by atoms with Gasteiger partial charge in [-0.1, -0.05) is 53.9 Å². The van der Waals surface area contributed by atoms with Crippen molar-refractivity contribution in [3.63, 3.8) is 0 Å². The Labute approximate surface area is 198 Å². The maximum Gasteiger partial charge on any atom is 0.242 e. The average Bonchev–Trinajstić information content (AvgIpc) is 3.37. The summed E-state index contributed by atoms with van der Waals surface area (Å²) in [5.41, 5.74) is 1.90. The molecule has 8 heteroatoms. The molecule has 0 saturated heterocycles. The van der Waals surface area contributed by atoms with Crippen molar-refractivity contribution >= 4 is 52.1 Å². The first-order chi connectivity index (χ1) is 15.8. The van der Waals surface area contributed by atoms with Crippen LogP contribution < -0.4 is 4.90 Å². The fourth-order valence-electron chi connectivity index (χ4n) is 3.96. The first-order valence-electron chi connectivity index (χ1n) is 10.6. The predicted molar refractivity (Wildman–Crippen MR) is 130 cm³/mol. The summed E-state index contributed by atoms with van der Waals surface area (Å²) in [5.74, 6) is 1.37. The summed E-state index contributed by atoms with van der Waals surface area (Å²) >= 11 is 4.95. The van der Waals surface area contributed by atoms with Gasteiger partial charge in [-0.3, -0.25) is 9.69 Å². The quantitative estimate of drug-likeness (QED) is 0.311. The van der Waals surface area contributed by atoms with E-state index in [1.54, 1.807) is 23.1 Å². The van der Waals surface area contributed by atoms with Gasteiger partial charge in [0.1, 0.15) is 5.82 Å². The number of amides is 1. The monoisotopic (exact) mass is 476 g/mol. The minimum atomic E-state index is 0.0559. The first kappa shape index (κ1) is 20.1. The molecule has 1 aliphatic heterocycles. The minimum absolute atomic E-state index is 0.0559. The van der Waals surface area contributed by atoms with Crippen LogP contribution in [0.3, 0.4) is 0 Å². The molecule has 0 unspecified atom stereocenters. The van der Waals surface area contributed by atoms with Crippen LogP contribution in [0.15, 0.2) is 81.0 Å². The lowest BCUT2D eigenvalue weighted by Gasteiger charge is -2.30. The molecule has 0 spiro atoms. The van der Waals surface area contributed by atoms with E-state index in [1.807, 2.05) is 41.3 Å². The minimum Gasteiger partial charge on any atom is -0.303 e. The average molecular weight is 477 g/mol. The van der Waals surface area contributed by atoms with Gasteiger partial charge in [0.05, 0.1) is 17.1 Å². The molecule has 0 N–H and O–H groups in total. The van der Waals surface area contributed by atoms with Gasteiger partial charge in [-0.15, -0.1) is 21.5 Å². The zero-order valence-electron chi connectivity index (χ0n) is 17.2. The zero-order valence-corrected chi connectivity index (χ0v) is 19.6. The molecule has 0 atom stereocenters. The lowest BCUT2D eigenvalue weighted by Crippen LogP contribution is -2.30. The van der Waals surface area contributed by atoms with Crippen LogP contribution in [0.25, 0.3) is 0 Å². The Morgan fingerprint density at radius 2 is 1.69 bits per heavy atom.